The van der Waals surface area contributed by atoms with Gasteiger partial charge in [0.25, 0.3) is 0 Å². The van der Waals surface area contributed by atoms with Crippen LogP contribution in [0.3, 0.4) is 0 Å². The fourth-order valence-electron chi connectivity index (χ4n) is 3.19. The molecule has 1 aliphatic heterocycles. The maximum Gasteiger partial charge on any atom is 0.128 e. The predicted molar refractivity (Wildman–Crippen MR) is 98.8 cm³/mol. The van der Waals surface area contributed by atoms with Gasteiger partial charge in [-0.2, -0.15) is 0 Å². The lowest BCUT2D eigenvalue weighted by Crippen LogP contribution is -2.06. The Kier molecular flexibility index (Phi) is 4.61. The van der Waals surface area contributed by atoms with Gasteiger partial charge in [0.1, 0.15) is 24.7 Å². The molecule has 1 heterocycles. The Bertz CT molecular complexity index is 933. The summed E-state index contributed by atoms with van der Waals surface area (Å²) in [4.78, 5) is 0. The molecular weight excluding hydrogens is 328 g/mol. The molecule has 3 aromatic carbocycles. The number of hydrogen-bond donors (Lipinski definition) is 2. The van der Waals surface area contributed by atoms with Gasteiger partial charge in [0.2, 0.25) is 0 Å². The first-order valence-corrected chi connectivity index (χ1v) is 8.58. The van der Waals surface area contributed by atoms with Gasteiger partial charge in [-0.25, -0.2) is 0 Å². The Morgan fingerprint density at radius 2 is 1.58 bits per heavy atom. The lowest BCUT2D eigenvalue weighted by Gasteiger charge is -2.22. The van der Waals surface area contributed by atoms with Gasteiger partial charge >= 0.3 is 0 Å². The normalized spacial score (nSPS) is 12.1. The molecule has 2 N–H and O–H groups in total. The maximum atomic E-state index is 9.27. The molecule has 0 radical (unpaired) electrons. The quantitative estimate of drug-likeness (QED) is 0.736. The second-order valence-electron chi connectivity index (χ2n) is 6.36. The summed E-state index contributed by atoms with van der Waals surface area (Å²) < 4.78 is 11.8. The second-order valence-corrected chi connectivity index (χ2v) is 6.36. The Hall–Kier alpha value is -2.82. The van der Waals surface area contributed by atoms with Crippen molar-refractivity contribution >= 4 is 0 Å². The van der Waals surface area contributed by atoms with Gasteiger partial charge in [0.05, 0.1) is 13.2 Å². The highest BCUT2D eigenvalue weighted by molar-refractivity contribution is 5.76. The highest BCUT2D eigenvalue weighted by Crippen LogP contribution is 2.39. The Morgan fingerprint density at radius 3 is 2.42 bits per heavy atom. The average Bonchev–Trinajstić information content (AvgIpc) is 2.71. The summed E-state index contributed by atoms with van der Waals surface area (Å²) in [5.41, 5.74) is 5.99. The molecule has 132 valence electrons. The van der Waals surface area contributed by atoms with Crippen molar-refractivity contribution in [1.29, 1.82) is 0 Å². The monoisotopic (exact) mass is 348 g/mol. The zero-order valence-electron chi connectivity index (χ0n) is 14.3. The van der Waals surface area contributed by atoms with Crippen molar-refractivity contribution in [2.24, 2.45) is 0 Å². The number of aliphatic hydroxyl groups excluding tert-OH is 2. The van der Waals surface area contributed by atoms with Crippen LogP contribution in [0.25, 0.3) is 11.1 Å². The molecule has 0 amide bonds. The Labute approximate surface area is 152 Å². The summed E-state index contributed by atoms with van der Waals surface area (Å²) in [5.74, 6) is 1.59. The van der Waals surface area contributed by atoms with E-state index >= 15 is 0 Å². The van der Waals surface area contributed by atoms with Crippen LogP contribution in [0.1, 0.15) is 22.3 Å². The molecule has 0 fully saturated rings. The molecule has 0 spiro atoms. The van der Waals surface area contributed by atoms with Crippen LogP contribution in [0.15, 0.2) is 60.7 Å². The lowest BCUT2D eigenvalue weighted by atomic mass is 9.96. The highest BCUT2D eigenvalue weighted by Gasteiger charge is 2.18. The van der Waals surface area contributed by atoms with E-state index in [4.69, 9.17) is 9.47 Å². The molecule has 0 saturated carbocycles. The summed E-state index contributed by atoms with van der Waals surface area (Å²) >= 11 is 0. The first kappa shape index (κ1) is 16.6. The van der Waals surface area contributed by atoms with E-state index < -0.39 is 0 Å². The molecule has 4 heteroatoms. The van der Waals surface area contributed by atoms with Crippen molar-refractivity contribution < 1.29 is 19.7 Å². The van der Waals surface area contributed by atoms with Crippen LogP contribution in [0.2, 0.25) is 0 Å². The van der Waals surface area contributed by atoms with Crippen LogP contribution < -0.4 is 9.47 Å². The smallest absolute Gasteiger partial charge is 0.128 e. The summed E-state index contributed by atoms with van der Waals surface area (Å²) in [6, 6.07) is 19.5. The molecule has 1 aliphatic rings. The fraction of sp³-hybridized carbons (Fsp3) is 0.182. The van der Waals surface area contributed by atoms with Gasteiger partial charge in [-0.3, -0.25) is 0 Å². The first-order valence-electron chi connectivity index (χ1n) is 8.58. The van der Waals surface area contributed by atoms with Crippen LogP contribution >= 0.6 is 0 Å². The van der Waals surface area contributed by atoms with Crippen molar-refractivity contribution in [3.8, 4) is 22.6 Å². The minimum Gasteiger partial charge on any atom is -0.489 e. The van der Waals surface area contributed by atoms with Gasteiger partial charge in [-0.15, -0.1) is 0 Å². The lowest BCUT2D eigenvalue weighted by molar-refractivity contribution is 0.276. The topological polar surface area (TPSA) is 58.9 Å². The Morgan fingerprint density at radius 1 is 0.808 bits per heavy atom. The van der Waals surface area contributed by atoms with Crippen LogP contribution in [-0.2, 0) is 26.4 Å². The van der Waals surface area contributed by atoms with Gasteiger partial charge in [0, 0.05) is 11.1 Å². The van der Waals surface area contributed by atoms with E-state index in [0.29, 0.717) is 13.2 Å². The third-order valence-electron chi connectivity index (χ3n) is 4.56. The van der Waals surface area contributed by atoms with Crippen LogP contribution in [0, 0.1) is 0 Å². The van der Waals surface area contributed by atoms with Crippen molar-refractivity contribution in [3.63, 3.8) is 0 Å². The van der Waals surface area contributed by atoms with Crippen molar-refractivity contribution in [3.05, 3.63) is 82.9 Å². The minimum atomic E-state index is 0.00769. The number of fused-ring (bicyclic) bond motifs is 3. The van der Waals surface area contributed by atoms with Gasteiger partial charge in [0.15, 0.2) is 0 Å². The molecule has 0 unspecified atom stereocenters. The van der Waals surface area contributed by atoms with Crippen LogP contribution in [0.4, 0.5) is 0 Å². The SMILES string of the molecule is OCc1cccc(COc2ccc3c(c2)COc2cc(CO)ccc2-3)c1. The molecule has 26 heavy (non-hydrogen) atoms. The number of rotatable bonds is 5. The van der Waals surface area contributed by atoms with E-state index in [9.17, 15) is 10.2 Å². The van der Waals surface area contributed by atoms with Gasteiger partial charge < -0.3 is 19.7 Å². The van der Waals surface area contributed by atoms with Gasteiger partial charge in [-0.05, 0) is 40.5 Å². The molecule has 0 bridgehead atoms. The molecular formula is C22H20O4. The summed E-state index contributed by atoms with van der Waals surface area (Å²) in [6.07, 6.45) is 0. The van der Waals surface area contributed by atoms with Crippen LogP contribution in [-0.4, -0.2) is 10.2 Å². The highest BCUT2D eigenvalue weighted by atomic mass is 16.5. The Balaban J connectivity index is 1.54. The van der Waals surface area contributed by atoms with E-state index in [1.165, 1.54) is 0 Å². The second kappa shape index (κ2) is 7.20. The number of aliphatic hydroxyl groups is 2. The van der Waals surface area contributed by atoms with E-state index in [1.807, 2.05) is 54.6 Å². The minimum absolute atomic E-state index is 0.00769. The summed E-state index contributed by atoms with van der Waals surface area (Å²) in [6.45, 7) is 0.966. The number of hydrogen-bond acceptors (Lipinski definition) is 4. The zero-order chi connectivity index (χ0) is 17.9. The molecule has 3 aromatic rings. The predicted octanol–water partition coefficient (Wildman–Crippen LogP) is 3.81. The van der Waals surface area contributed by atoms with E-state index in [1.54, 1.807) is 0 Å². The molecule has 4 nitrogen and oxygen atoms in total. The molecule has 0 aliphatic carbocycles. The first-order chi connectivity index (χ1) is 12.8. The zero-order valence-corrected chi connectivity index (χ0v) is 14.3. The summed E-state index contributed by atoms with van der Waals surface area (Å²) in [7, 11) is 0. The molecule has 0 saturated heterocycles. The summed E-state index contributed by atoms with van der Waals surface area (Å²) in [5, 5.41) is 18.5. The molecule has 0 aromatic heterocycles. The maximum absolute atomic E-state index is 9.27. The van der Waals surface area contributed by atoms with E-state index in [0.717, 1.165) is 44.9 Å². The standard InChI is InChI=1S/C22H20O4/c23-11-15-2-1-3-17(8-15)13-25-19-5-7-20-18(10-19)14-26-22-9-16(12-24)4-6-21(20)22/h1-10,23-24H,11-14H2. The third-order valence-corrected chi connectivity index (χ3v) is 4.56. The van der Waals surface area contributed by atoms with Crippen molar-refractivity contribution in [2.45, 2.75) is 26.4 Å². The number of ether oxygens (including phenoxy) is 2. The van der Waals surface area contributed by atoms with E-state index in [2.05, 4.69) is 6.07 Å². The fourth-order valence-corrected chi connectivity index (χ4v) is 3.19. The van der Waals surface area contributed by atoms with Crippen molar-refractivity contribution in [2.75, 3.05) is 0 Å². The van der Waals surface area contributed by atoms with E-state index in [-0.39, 0.29) is 13.2 Å². The molecule has 4 rings (SSSR count). The third kappa shape index (κ3) is 3.29. The van der Waals surface area contributed by atoms with Gasteiger partial charge in [-0.1, -0.05) is 42.5 Å². The average molecular weight is 348 g/mol. The number of benzene rings is 3. The molecule has 0 atom stereocenters. The largest absolute Gasteiger partial charge is 0.489 e. The van der Waals surface area contributed by atoms with Crippen molar-refractivity contribution in [1.82, 2.24) is 0 Å². The van der Waals surface area contributed by atoms with Crippen LogP contribution in [0.5, 0.6) is 11.5 Å².